The number of amides is 2. The van der Waals surface area contributed by atoms with Crippen LogP contribution in [0.25, 0.3) is 0 Å². The van der Waals surface area contributed by atoms with Crippen LogP contribution in [0.2, 0.25) is 0 Å². The van der Waals surface area contributed by atoms with E-state index in [4.69, 9.17) is 10.5 Å². The van der Waals surface area contributed by atoms with Crippen molar-refractivity contribution in [3.63, 3.8) is 0 Å². The van der Waals surface area contributed by atoms with Crippen LogP contribution in [0.4, 0.5) is 0 Å². The van der Waals surface area contributed by atoms with E-state index in [-0.39, 0.29) is 37.8 Å². The molecular formula is C37H41N5O7S. The van der Waals surface area contributed by atoms with E-state index >= 15 is 0 Å². The van der Waals surface area contributed by atoms with E-state index in [1.807, 2.05) is 60.7 Å². The van der Waals surface area contributed by atoms with Crippen molar-refractivity contribution in [1.29, 1.82) is 0 Å². The maximum atomic E-state index is 13.8. The molecular weight excluding hydrogens is 659 g/mol. The minimum absolute atomic E-state index is 0.0150. The number of carbonyl (C=O) groups is 3. The van der Waals surface area contributed by atoms with Gasteiger partial charge in [0.15, 0.2) is 5.84 Å². The van der Waals surface area contributed by atoms with E-state index < -0.39 is 39.9 Å². The fourth-order valence-electron chi connectivity index (χ4n) is 4.85. The van der Waals surface area contributed by atoms with Gasteiger partial charge in [-0.15, -0.1) is 0 Å². The van der Waals surface area contributed by atoms with Crippen LogP contribution in [0.3, 0.4) is 0 Å². The van der Waals surface area contributed by atoms with Gasteiger partial charge in [0, 0.05) is 19.0 Å². The molecule has 0 spiro atoms. The van der Waals surface area contributed by atoms with Gasteiger partial charge in [-0.05, 0) is 35.1 Å². The Morgan fingerprint density at radius 2 is 1.32 bits per heavy atom. The number of aryl methyl sites for hydroxylation is 1. The van der Waals surface area contributed by atoms with Crippen molar-refractivity contribution >= 4 is 33.6 Å². The summed E-state index contributed by atoms with van der Waals surface area (Å²) in [7, 11) is -3.98. The van der Waals surface area contributed by atoms with Gasteiger partial charge in [0.05, 0.1) is 19.0 Å². The first-order chi connectivity index (χ1) is 24.1. The van der Waals surface area contributed by atoms with Crippen molar-refractivity contribution in [2.45, 2.75) is 50.8 Å². The molecule has 0 aliphatic heterocycles. The lowest BCUT2D eigenvalue weighted by atomic mass is 10.0. The van der Waals surface area contributed by atoms with Crippen molar-refractivity contribution < 1.29 is 32.4 Å². The SMILES string of the molecule is CC(=O)O/N=C(\N)c1ccc(CNC(=O)[C@H](CCc2ccccc2)NC(=O)[C@@H](COCc2ccccc2)NS(=O)(=O)Cc2ccccc2)cc1. The topological polar surface area (TPSA) is 178 Å². The van der Waals surface area contributed by atoms with E-state index in [2.05, 4.69) is 25.3 Å². The van der Waals surface area contributed by atoms with Gasteiger partial charge in [-0.1, -0.05) is 120 Å². The third kappa shape index (κ3) is 12.9. The Morgan fingerprint density at radius 1 is 0.740 bits per heavy atom. The molecule has 13 heteroatoms. The number of nitrogens with two attached hydrogens (primary N) is 1. The number of carbonyl (C=O) groups excluding carboxylic acids is 3. The Bertz CT molecular complexity index is 1820. The number of nitrogens with zero attached hydrogens (tertiary/aromatic N) is 1. The molecule has 0 aliphatic carbocycles. The summed E-state index contributed by atoms with van der Waals surface area (Å²) in [6, 6.07) is 31.9. The molecule has 50 heavy (non-hydrogen) atoms. The lowest BCUT2D eigenvalue weighted by Crippen LogP contribution is -2.55. The Hall–Kier alpha value is -5.37. The van der Waals surface area contributed by atoms with Gasteiger partial charge >= 0.3 is 5.97 Å². The smallest absolute Gasteiger partial charge is 0.332 e. The fourth-order valence-corrected chi connectivity index (χ4v) is 6.18. The fraction of sp³-hybridized carbons (Fsp3) is 0.243. The molecule has 4 rings (SSSR count). The average molecular weight is 700 g/mol. The lowest BCUT2D eigenvalue weighted by molar-refractivity contribution is -0.141. The zero-order valence-corrected chi connectivity index (χ0v) is 28.5. The summed E-state index contributed by atoms with van der Waals surface area (Å²) >= 11 is 0. The zero-order chi connectivity index (χ0) is 35.8. The molecule has 0 bridgehead atoms. The molecule has 12 nitrogen and oxygen atoms in total. The van der Waals surface area contributed by atoms with E-state index in [0.29, 0.717) is 17.5 Å². The van der Waals surface area contributed by atoms with Crippen molar-refractivity contribution in [3.8, 4) is 0 Å². The van der Waals surface area contributed by atoms with Crippen LogP contribution in [-0.4, -0.2) is 50.7 Å². The number of nitrogens with one attached hydrogen (secondary N) is 3. The average Bonchev–Trinajstić information content (AvgIpc) is 3.12. The van der Waals surface area contributed by atoms with E-state index in [0.717, 1.165) is 16.7 Å². The van der Waals surface area contributed by atoms with Gasteiger partial charge in [-0.2, -0.15) is 0 Å². The lowest BCUT2D eigenvalue weighted by Gasteiger charge is -2.23. The van der Waals surface area contributed by atoms with Crippen molar-refractivity contribution in [3.05, 3.63) is 143 Å². The number of amidine groups is 1. The molecule has 0 saturated heterocycles. The summed E-state index contributed by atoms with van der Waals surface area (Å²) in [5.41, 5.74) is 9.48. The van der Waals surface area contributed by atoms with Crippen LogP contribution in [-0.2, 0) is 59.3 Å². The predicted octanol–water partition coefficient (Wildman–Crippen LogP) is 3.31. The quantitative estimate of drug-likeness (QED) is 0.0529. The number of rotatable bonds is 18. The summed E-state index contributed by atoms with van der Waals surface area (Å²) in [5, 5.41) is 9.20. The third-order valence-electron chi connectivity index (χ3n) is 7.42. The van der Waals surface area contributed by atoms with E-state index in [9.17, 15) is 22.8 Å². The molecule has 2 amide bonds. The maximum Gasteiger partial charge on any atom is 0.332 e. The van der Waals surface area contributed by atoms with Crippen LogP contribution in [0.15, 0.2) is 120 Å². The number of hydrogen-bond donors (Lipinski definition) is 4. The van der Waals surface area contributed by atoms with Crippen LogP contribution >= 0.6 is 0 Å². The van der Waals surface area contributed by atoms with Crippen molar-refractivity contribution in [2.75, 3.05) is 6.61 Å². The molecule has 2 atom stereocenters. The highest BCUT2D eigenvalue weighted by Crippen LogP contribution is 2.10. The predicted molar refractivity (Wildman–Crippen MR) is 190 cm³/mol. The first-order valence-corrected chi connectivity index (χ1v) is 17.6. The Balaban J connectivity index is 1.47. The molecule has 0 aliphatic rings. The molecule has 5 N–H and O–H groups in total. The standard InChI is InChI=1S/C37H41N5O7S/c1-27(43)49-41-35(38)32-20-17-29(18-21-32)23-39-36(44)33(22-19-28-11-5-2-6-12-28)40-37(45)34(25-48-24-30-13-7-3-8-14-30)42-50(46,47)26-31-15-9-4-10-16-31/h2-18,20-21,33-34,42H,19,22-26H2,1H3,(H2,38,41)(H,39,44)(H,40,45)/t33-,34+/m0/s1. The molecule has 0 radical (unpaired) electrons. The van der Waals surface area contributed by atoms with Crippen molar-refractivity contribution in [1.82, 2.24) is 15.4 Å². The van der Waals surface area contributed by atoms with Gasteiger partial charge in [0.1, 0.15) is 12.1 Å². The molecule has 0 saturated carbocycles. The second-order valence-electron chi connectivity index (χ2n) is 11.5. The Kier molecular flexibility index (Phi) is 14.2. The molecule has 0 fully saturated rings. The molecule has 262 valence electrons. The van der Waals surface area contributed by atoms with Gasteiger partial charge in [0.2, 0.25) is 21.8 Å². The summed E-state index contributed by atoms with van der Waals surface area (Å²) < 4.78 is 34.7. The molecule has 0 aromatic heterocycles. The number of oxime groups is 1. The van der Waals surface area contributed by atoms with Gasteiger partial charge in [0.25, 0.3) is 0 Å². The second kappa shape index (κ2) is 19.0. The highest BCUT2D eigenvalue weighted by Gasteiger charge is 2.29. The normalized spacial score (nSPS) is 12.8. The highest BCUT2D eigenvalue weighted by atomic mass is 32.2. The van der Waals surface area contributed by atoms with Crippen LogP contribution in [0.1, 0.15) is 41.2 Å². The molecule has 0 unspecified atom stereocenters. The van der Waals surface area contributed by atoms with Crippen molar-refractivity contribution in [2.24, 2.45) is 10.9 Å². The first-order valence-electron chi connectivity index (χ1n) is 16.0. The second-order valence-corrected chi connectivity index (χ2v) is 13.2. The van der Waals surface area contributed by atoms with Gasteiger partial charge in [-0.25, -0.2) is 17.9 Å². The Labute approximate surface area is 292 Å². The minimum Gasteiger partial charge on any atom is -0.380 e. The van der Waals surface area contributed by atoms with Crippen LogP contribution in [0, 0.1) is 0 Å². The molecule has 4 aromatic carbocycles. The number of ether oxygens (including phenoxy) is 1. The number of sulfonamides is 1. The maximum absolute atomic E-state index is 13.8. The molecule has 4 aromatic rings. The Morgan fingerprint density at radius 3 is 1.92 bits per heavy atom. The first kappa shape index (κ1) is 37.4. The van der Waals surface area contributed by atoms with Crippen LogP contribution < -0.4 is 21.1 Å². The van der Waals surface area contributed by atoms with E-state index in [1.54, 1.807) is 54.6 Å². The summed E-state index contributed by atoms with van der Waals surface area (Å²) in [5.74, 6) is -2.08. The highest BCUT2D eigenvalue weighted by molar-refractivity contribution is 7.88. The minimum atomic E-state index is -3.98. The van der Waals surface area contributed by atoms with Crippen LogP contribution in [0.5, 0.6) is 0 Å². The van der Waals surface area contributed by atoms with Gasteiger partial charge in [-0.3, -0.25) is 9.59 Å². The number of benzene rings is 4. The van der Waals surface area contributed by atoms with E-state index in [1.165, 1.54) is 6.92 Å². The third-order valence-corrected chi connectivity index (χ3v) is 8.78. The molecule has 0 heterocycles. The van der Waals surface area contributed by atoms with Gasteiger partial charge < -0.3 is 25.9 Å². The number of hydrogen-bond acceptors (Lipinski definition) is 8. The summed E-state index contributed by atoms with van der Waals surface area (Å²) in [4.78, 5) is 42.9. The zero-order valence-electron chi connectivity index (χ0n) is 27.7. The largest absolute Gasteiger partial charge is 0.380 e. The summed E-state index contributed by atoms with van der Waals surface area (Å²) in [6.07, 6.45) is 0.724. The monoisotopic (exact) mass is 699 g/mol. The summed E-state index contributed by atoms with van der Waals surface area (Å²) in [6.45, 7) is 1.23.